The fourth-order valence-electron chi connectivity index (χ4n) is 3.42. The summed E-state index contributed by atoms with van der Waals surface area (Å²) in [4.78, 5) is 25.4. The van der Waals surface area contributed by atoms with Gasteiger partial charge in [-0.25, -0.2) is 9.48 Å². The van der Waals surface area contributed by atoms with Gasteiger partial charge in [0.25, 0.3) is 5.91 Å². The molecule has 31 heavy (non-hydrogen) atoms. The number of benzene rings is 2. The van der Waals surface area contributed by atoms with E-state index in [9.17, 15) is 9.59 Å². The highest BCUT2D eigenvalue weighted by Gasteiger charge is 2.30. The van der Waals surface area contributed by atoms with Crippen LogP contribution < -0.4 is 10.1 Å². The van der Waals surface area contributed by atoms with Crippen molar-refractivity contribution in [3.05, 3.63) is 77.1 Å². The second kappa shape index (κ2) is 9.93. The minimum atomic E-state index is -0.981. The summed E-state index contributed by atoms with van der Waals surface area (Å²) in [6.45, 7) is 7.33. The third-order valence-corrected chi connectivity index (χ3v) is 4.82. The van der Waals surface area contributed by atoms with E-state index in [0.29, 0.717) is 17.0 Å². The number of amides is 1. The normalized spacial score (nSPS) is 11.6. The number of nitrogens with one attached hydrogen (secondary N) is 1. The number of ether oxygens (including phenoxy) is 2. The van der Waals surface area contributed by atoms with E-state index in [4.69, 9.17) is 9.47 Å². The van der Waals surface area contributed by atoms with Crippen molar-refractivity contribution in [1.29, 1.82) is 0 Å². The fraction of sp³-hybridized carbons (Fsp3) is 0.292. The number of hydrogen-bond donors (Lipinski definition) is 1. The lowest BCUT2D eigenvalue weighted by atomic mass is 10.0. The first-order valence-corrected chi connectivity index (χ1v) is 10.2. The fourth-order valence-corrected chi connectivity index (χ4v) is 3.42. The molecule has 1 atom stereocenters. The Kier molecular flexibility index (Phi) is 7.07. The van der Waals surface area contributed by atoms with Crippen molar-refractivity contribution in [2.45, 2.75) is 33.7 Å². The molecule has 0 aliphatic heterocycles. The Morgan fingerprint density at radius 3 is 2.48 bits per heavy atom. The van der Waals surface area contributed by atoms with E-state index in [-0.39, 0.29) is 13.2 Å². The van der Waals surface area contributed by atoms with Crippen LogP contribution in [-0.2, 0) is 14.3 Å². The Hall–Kier alpha value is -3.61. The number of carbonyl (C=O) groups excluding carboxylic acids is 2. The van der Waals surface area contributed by atoms with Gasteiger partial charge in [0.15, 0.2) is 12.6 Å². The lowest BCUT2D eigenvalue weighted by molar-refractivity contribution is -0.147. The third-order valence-electron chi connectivity index (χ3n) is 4.82. The summed E-state index contributed by atoms with van der Waals surface area (Å²) in [5.74, 6) is -0.372. The number of carbonyl (C=O) groups is 2. The molecule has 0 unspecified atom stereocenters. The maximum Gasteiger partial charge on any atom is 0.333 e. The molecule has 1 amide bonds. The molecular weight excluding hydrogens is 394 g/mol. The van der Waals surface area contributed by atoms with Gasteiger partial charge in [-0.2, -0.15) is 5.10 Å². The van der Waals surface area contributed by atoms with Crippen LogP contribution in [0.2, 0.25) is 0 Å². The van der Waals surface area contributed by atoms with E-state index >= 15 is 0 Å². The predicted molar refractivity (Wildman–Crippen MR) is 117 cm³/mol. The van der Waals surface area contributed by atoms with Gasteiger partial charge in [0, 0.05) is 11.3 Å². The molecule has 0 bridgehead atoms. The summed E-state index contributed by atoms with van der Waals surface area (Å²) in [7, 11) is 0. The zero-order chi connectivity index (χ0) is 22.4. The van der Waals surface area contributed by atoms with Gasteiger partial charge >= 0.3 is 5.97 Å². The molecule has 0 spiro atoms. The van der Waals surface area contributed by atoms with Crippen molar-refractivity contribution in [3.63, 3.8) is 0 Å². The summed E-state index contributed by atoms with van der Waals surface area (Å²) in [6.07, 6.45) is 0. The number of hydrogen-bond acceptors (Lipinski definition) is 5. The lowest BCUT2D eigenvalue weighted by Gasteiger charge is -2.18. The number of para-hydroxylation sites is 1. The highest BCUT2D eigenvalue weighted by atomic mass is 16.5. The van der Waals surface area contributed by atoms with E-state index < -0.39 is 17.9 Å². The van der Waals surface area contributed by atoms with E-state index in [0.717, 1.165) is 16.9 Å². The van der Waals surface area contributed by atoms with Crippen LogP contribution in [0, 0.1) is 20.8 Å². The molecule has 0 aliphatic carbocycles. The van der Waals surface area contributed by atoms with E-state index in [2.05, 4.69) is 10.4 Å². The van der Waals surface area contributed by atoms with Gasteiger partial charge < -0.3 is 14.8 Å². The highest BCUT2D eigenvalue weighted by molar-refractivity contribution is 5.86. The van der Waals surface area contributed by atoms with Crippen LogP contribution in [0.3, 0.4) is 0 Å². The minimum absolute atomic E-state index is 0.204. The molecular formula is C24H27N3O4. The Bertz CT molecular complexity index is 1060. The highest BCUT2D eigenvalue weighted by Crippen LogP contribution is 2.25. The van der Waals surface area contributed by atoms with Crippen molar-refractivity contribution in [2.24, 2.45) is 0 Å². The first-order valence-electron chi connectivity index (χ1n) is 10.2. The van der Waals surface area contributed by atoms with Crippen molar-refractivity contribution in [3.8, 4) is 11.4 Å². The maximum absolute atomic E-state index is 12.7. The van der Waals surface area contributed by atoms with Gasteiger partial charge in [-0.05, 0) is 57.5 Å². The van der Waals surface area contributed by atoms with Crippen molar-refractivity contribution >= 4 is 11.9 Å². The van der Waals surface area contributed by atoms with Gasteiger partial charge in [-0.15, -0.1) is 0 Å². The van der Waals surface area contributed by atoms with Crippen LogP contribution in [0.1, 0.15) is 35.5 Å². The standard InChI is InChI=1S/C24H27N3O4/c1-5-30-24(29)23(25-21(28)15-31-20-13-9-10-16(2)14-20)22-17(3)26-27(18(22)4)19-11-7-6-8-12-19/h6-14,23H,5,15H2,1-4H3,(H,25,28)/t23-/m1/s1. The van der Waals surface area contributed by atoms with Crippen molar-refractivity contribution in [2.75, 3.05) is 13.2 Å². The monoisotopic (exact) mass is 421 g/mol. The Morgan fingerprint density at radius 1 is 1.06 bits per heavy atom. The maximum atomic E-state index is 12.7. The number of aromatic nitrogens is 2. The largest absolute Gasteiger partial charge is 0.484 e. The van der Waals surface area contributed by atoms with Gasteiger partial charge in [0.1, 0.15) is 5.75 Å². The van der Waals surface area contributed by atoms with Crippen LogP contribution in [0.25, 0.3) is 5.69 Å². The lowest BCUT2D eigenvalue weighted by Crippen LogP contribution is -2.38. The Labute approximate surface area is 182 Å². The van der Waals surface area contributed by atoms with E-state index in [1.165, 1.54) is 0 Å². The first-order chi connectivity index (χ1) is 14.9. The Balaban J connectivity index is 1.83. The molecule has 7 heteroatoms. The average molecular weight is 421 g/mol. The minimum Gasteiger partial charge on any atom is -0.484 e. The molecule has 1 N–H and O–H groups in total. The number of nitrogens with zero attached hydrogens (tertiary/aromatic N) is 2. The second-order valence-corrected chi connectivity index (χ2v) is 7.19. The molecule has 0 fully saturated rings. The Morgan fingerprint density at radius 2 is 1.81 bits per heavy atom. The van der Waals surface area contributed by atoms with Gasteiger partial charge in [0.05, 0.1) is 18.0 Å². The van der Waals surface area contributed by atoms with Crippen LogP contribution >= 0.6 is 0 Å². The van der Waals surface area contributed by atoms with Crippen LogP contribution in [-0.4, -0.2) is 34.9 Å². The molecule has 0 aliphatic rings. The summed E-state index contributed by atoms with van der Waals surface area (Å²) in [6, 6.07) is 16.0. The van der Waals surface area contributed by atoms with Crippen molar-refractivity contribution < 1.29 is 19.1 Å². The second-order valence-electron chi connectivity index (χ2n) is 7.19. The number of rotatable bonds is 8. The molecule has 3 aromatic rings. The topological polar surface area (TPSA) is 82.4 Å². The molecule has 0 saturated heterocycles. The van der Waals surface area contributed by atoms with Crippen LogP contribution in [0.5, 0.6) is 5.75 Å². The van der Waals surface area contributed by atoms with E-state index in [1.807, 2.05) is 69.3 Å². The molecule has 1 aromatic heterocycles. The molecule has 2 aromatic carbocycles. The average Bonchev–Trinajstić information content (AvgIpc) is 3.05. The van der Waals surface area contributed by atoms with Crippen LogP contribution in [0.15, 0.2) is 54.6 Å². The third kappa shape index (κ3) is 5.31. The number of esters is 1. The van der Waals surface area contributed by atoms with Gasteiger partial charge in [0.2, 0.25) is 0 Å². The SMILES string of the molecule is CCOC(=O)[C@H](NC(=O)COc1cccc(C)c1)c1c(C)nn(-c2ccccc2)c1C. The molecule has 162 valence electrons. The summed E-state index contributed by atoms with van der Waals surface area (Å²) in [5, 5.41) is 7.34. The summed E-state index contributed by atoms with van der Waals surface area (Å²) in [5.41, 5.74) is 3.90. The van der Waals surface area contributed by atoms with Crippen LogP contribution in [0.4, 0.5) is 0 Å². The summed E-state index contributed by atoms with van der Waals surface area (Å²) >= 11 is 0. The van der Waals surface area contributed by atoms with E-state index in [1.54, 1.807) is 17.7 Å². The molecule has 0 saturated carbocycles. The smallest absolute Gasteiger partial charge is 0.333 e. The van der Waals surface area contributed by atoms with Gasteiger partial charge in [-0.3, -0.25) is 4.79 Å². The molecule has 7 nitrogen and oxygen atoms in total. The summed E-state index contributed by atoms with van der Waals surface area (Å²) < 4.78 is 12.6. The molecule has 3 rings (SSSR count). The van der Waals surface area contributed by atoms with Crippen molar-refractivity contribution in [1.82, 2.24) is 15.1 Å². The quantitative estimate of drug-likeness (QED) is 0.562. The predicted octanol–water partition coefficient (Wildman–Crippen LogP) is 3.60. The van der Waals surface area contributed by atoms with Gasteiger partial charge in [-0.1, -0.05) is 30.3 Å². The first kappa shape index (κ1) is 22.1. The zero-order valence-corrected chi connectivity index (χ0v) is 18.2. The molecule has 1 heterocycles. The molecule has 0 radical (unpaired) electrons. The number of aryl methyl sites for hydroxylation is 2. The zero-order valence-electron chi connectivity index (χ0n) is 18.2.